The van der Waals surface area contributed by atoms with Gasteiger partial charge in [-0.3, -0.25) is 9.59 Å². The van der Waals surface area contributed by atoms with Crippen LogP contribution in [-0.4, -0.2) is 29.3 Å². The molecule has 1 N–H and O–H groups in total. The van der Waals surface area contributed by atoms with Crippen molar-refractivity contribution in [2.45, 2.75) is 46.2 Å². The lowest BCUT2D eigenvalue weighted by Crippen LogP contribution is -2.49. The van der Waals surface area contributed by atoms with Crippen LogP contribution < -0.4 is 5.32 Å². The Kier molecular flexibility index (Phi) is 7.39. The van der Waals surface area contributed by atoms with Crippen LogP contribution in [0.25, 0.3) is 0 Å². The molecule has 0 fully saturated rings. The summed E-state index contributed by atoms with van der Waals surface area (Å²) in [5.41, 5.74) is 3.11. The molecule has 4 nitrogen and oxygen atoms in total. The molecule has 4 heteroatoms. The summed E-state index contributed by atoms with van der Waals surface area (Å²) in [5.74, 6) is -0.120. The van der Waals surface area contributed by atoms with E-state index in [0.29, 0.717) is 25.9 Å². The third-order valence-corrected chi connectivity index (χ3v) is 4.54. The molecular weight excluding hydrogens is 324 g/mol. The maximum absolute atomic E-state index is 13.1. The number of amides is 2. The average molecular weight is 352 g/mol. The minimum atomic E-state index is -0.466. The first-order chi connectivity index (χ1) is 12.6. The van der Waals surface area contributed by atoms with E-state index in [0.717, 1.165) is 16.7 Å². The number of carbonyl (C=O) groups excluding carboxylic acids is 2. The summed E-state index contributed by atoms with van der Waals surface area (Å²) >= 11 is 0. The summed E-state index contributed by atoms with van der Waals surface area (Å²) in [6, 6.07) is 17.2. The zero-order valence-corrected chi connectivity index (χ0v) is 15.9. The van der Waals surface area contributed by atoms with Crippen molar-refractivity contribution in [2.24, 2.45) is 0 Å². The van der Waals surface area contributed by atoms with Crippen molar-refractivity contribution in [2.75, 3.05) is 6.54 Å². The molecule has 0 saturated carbocycles. The van der Waals surface area contributed by atoms with Crippen LogP contribution in [0.5, 0.6) is 0 Å². The minimum Gasteiger partial charge on any atom is -0.355 e. The van der Waals surface area contributed by atoms with Crippen LogP contribution in [0.4, 0.5) is 0 Å². The second kappa shape index (κ2) is 9.76. The summed E-state index contributed by atoms with van der Waals surface area (Å²) in [6.45, 7) is 6.83. The van der Waals surface area contributed by atoms with E-state index in [4.69, 9.17) is 0 Å². The zero-order valence-electron chi connectivity index (χ0n) is 15.9. The van der Waals surface area contributed by atoms with Crippen LogP contribution in [-0.2, 0) is 22.6 Å². The fraction of sp³-hybridized carbons (Fsp3) is 0.364. The molecule has 2 rings (SSSR count). The quantitative estimate of drug-likeness (QED) is 0.791. The molecule has 0 spiro atoms. The molecule has 2 amide bonds. The maximum atomic E-state index is 13.1. The molecule has 1 atom stereocenters. The van der Waals surface area contributed by atoms with Crippen molar-refractivity contribution in [1.29, 1.82) is 0 Å². The fourth-order valence-electron chi connectivity index (χ4n) is 3.06. The molecule has 0 heterocycles. The minimum absolute atomic E-state index is 0.0266. The molecule has 138 valence electrons. The smallest absolute Gasteiger partial charge is 0.242 e. The predicted octanol–water partition coefficient (Wildman–Crippen LogP) is 3.48. The number of benzene rings is 2. The Balaban J connectivity index is 2.27. The van der Waals surface area contributed by atoms with Gasteiger partial charge < -0.3 is 10.2 Å². The van der Waals surface area contributed by atoms with Gasteiger partial charge in [0.1, 0.15) is 6.04 Å². The largest absolute Gasteiger partial charge is 0.355 e. The Hall–Kier alpha value is -2.62. The number of nitrogens with one attached hydrogen (secondary N) is 1. The van der Waals surface area contributed by atoms with Gasteiger partial charge in [0.25, 0.3) is 0 Å². The van der Waals surface area contributed by atoms with Crippen LogP contribution >= 0.6 is 0 Å². The normalized spacial score (nSPS) is 11.7. The van der Waals surface area contributed by atoms with Crippen molar-refractivity contribution < 1.29 is 9.59 Å². The lowest BCUT2D eigenvalue weighted by atomic mass is 10.0. The summed E-state index contributed by atoms with van der Waals surface area (Å²) in [5, 5.41) is 2.86. The SMILES string of the molecule is CCNC(=O)[C@@H](CC)N(Cc1ccccc1)C(=O)Cc1ccccc1C. The zero-order chi connectivity index (χ0) is 18.9. The lowest BCUT2D eigenvalue weighted by molar-refractivity contribution is -0.140. The van der Waals surface area contributed by atoms with Crippen molar-refractivity contribution in [3.8, 4) is 0 Å². The highest BCUT2D eigenvalue weighted by Gasteiger charge is 2.28. The Morgan fingerprint density at radius 1 is 1.00 bits per heavy atom. The topological polar surface area (TPSA) is 49.4 Å². The first-order valence-electron chi connectivity index (χ1n) is 9.22. The Morgan fingerprint density at radius 2 is 1.65 bits per heavy atom. The summed E-state index contributed by atoms with van der Waals surface area (Å²) < 4.78 is 0. The molecule has 0 aliphatic heterocycles. The van der Waals surface area contributed by atoms with Gasteiger partial charge in [0.2, 0.25) is 11.8 Å². The van der Waals surface area contributed by atoms with Gasteiger partial charge in [-0.25, -0.2) is 0 Å². The summed E-state index contributed by atoms with van der Waals surface area (Å²) in [7, 11) is 0. The van der Waals surface area contributed by atoms with Crippen molar-refractivity contribution in [3.05, 3.63) is 71.3 Å². The molecule has 2 aromatic rings. The number of aryl methyl sites for hydroxylation is 1. The van der Waals surface area contributed by atoms with Crippen molar-refractivity contribution >= 4 is 11.8 Å². The first kappa shape index (κ1) is 19.7. The molecule has 0 aliphatic rings. The number of carbonyl (C=O) groups is 2. The van der Waals surface area contributed by atoms with Gasteiger partial charge in [-0.1, -0.05) is 61.5 Å². The Bertz CT molecular complexity index is 728. The number of likely N-dealkylation sites (N-methyl/N-ethyl adjacent to an activating group) is 1. The molecule has 0 aliphatic carbocycles. The van der Waals surface area contributed by atoms with Crippen LogP contribution in [0.1, 0.15) is 37.0 Å². The van der Waals surface area contributed by atoms with E-state index in [-0.39, 0.29) is 11.8 Å². The van der Waals surface area contributed by atoms with Crippen LogP contribution in [0.2, 0.25) is 0 Å². The lowest BCUT2D eigenvalue weighted by Gasteiger charge is -2.31. The van der Waals surface area contributed by atoms with E-state index in [2.05, 4.69) is 5.32 Å². The first-order valence-corrected chi connectivity index (χ1v) is 9.22. The highest BCUT2D eigenvalue weighted by molar-refractivity contribution is 5.88. The molecule has 0 unspecified atom stereocenters. The van der Waals surface area contributed by atoms with Crippen LogP contribution in [0.15, 0.2) is 54.6 Å². The second-order valence-corrected chi connectivity index (χ2v) is 6.43. The van der Waals surface area contributed by atoms with Gasteiger partial charge in [-0.15, -0.1) is 0 Å². The average Bonchev–Trinajstić information content (AvgIpc) is 2.64. The van der Waals surface area contributed by atoms with E-state index in [9.17, 15) is 9.59 Å². The molecule has 26 heavy (non-hydrogen) atoms. The van der Waals surface area contributed by atoms with Crippen LogP contribution in [0.3, 0.4) is 0 Å². The number of rotatable bonds is 8. The van der Waals surface area contributed by atoms with Gasteiger partial charge in [0.15, 0.2) is 0 Å². The Labute approximate surface area is 156 Å². The second-order valence-electron chi connectivity index (χ2n) is 6.43. The Morgan fingerprint density at radius 3 is 2.27 bits per heavy atom. The molecule has 0 saturated heterocycles. The number of hydrogen-bond acceptors (Lipinski definition) is 2. The van der Waals surface area contributed by atoms with Gasteiger partial charge in [0, 0.05) is 13.1 Å². The monoisotopic (exact) mass is 352 g/mol. The third-order valence-electron chi connectivity index (χ3n) is 4.54. The van der Waals surface area contributed by atoms with Crippen molar-refractivity contribution in [1.82, 2.24) is 10.2 Å². The fourth-order valence-corrected chi connectivity index (χ4v) is 3.06. The van der Waals surface area contributed by atoms with E-state index >= 15 is 0 Å². The molecular formula is C22H28N2O2. The number of hydrogen-bond donors (Lipinski definition) is 1. The van der Waals surface area contributed by atoms with Crippen LogP contribution in [0, 0.1) is 6.92 Å². The number of nitrogens with zero attached hydrogens (tertiary/aromatic N) is 1. The van der Waals surface area contributed by atoms with E-state index in [1.807, 2.05) is 75.4 Å². The predicted molar refractivity (Wildman–Crippen MR) is 105 cm³/mol. The maximum Gasteiger partial charge on any atom is 0.242 e. The van der Waals surface area contributed by atoms with E-state index in [1.54, 1.807) is 4.90 Å². The van der Waals surface area contributed by atoms with Gasteiger partial charge in [-0.05, 0) is 37.0 Å². The summed E-state index contributed by atoms with van der Waals surface area (Å²) in [4.78, 5) is 27.4. The standard InChI is InChI=1S/C22H28N2O2/c1-4-20(22(26)23-5-2)24(16-18-12-7-6-8-13-18)21(25)15-19-14-10-9-11-17(19)3/h6-14,20H,4-5,15-16H2,1-3H3,(H,23,26)/t20-/m1/s1. The highest BCUT2D eigenvalue weighted by Crippen LogP contribution is 2.16. The van der Waals surface area contributed by atoms with Gasteiger partial charge in [-0.2, -0.15) is 0 Å². The van der Waals surface area contributed by atoms with E-state index in [1.165, 1.54) is 0 Å². The highest BCUT2D eigenvalue weighted by atomic mass is 16.2. The molecule has 2 aromatic carbocycles. The van der Waals surface area contributed by atoms with Gasteiger partial charge >= 0.3 is 0 Å². The molecule has 0 bridgehead atoms. The van der Waals surface area contributed by atoms with Gasteiger partial charge in [0.05, 0.1) is 6.42 Å². The van der Waals surface area contributed by atoms with E-state index < -0.39 is 6.04 Å². The van der Waals surface area contributed by atoms with Crippen molar-refractivity contribution in [3.63, 3.8) is 0 Å². The summed E-state index contributed by atoms with van der Waals surface area (Å²) in [6.07, 6.45) is 0.883. The molecule has 0 radical (unpaired) electrons. The molecule has 0 aromatic heterocycles. The third kappa shape index (κ3) is 5.19.